The number of ether oxygens (including phenoxy) is 1. The summed E-state index contributed by atoms with van der Waals surface area (Å²) in [7, 11) is 3.55. The van der Waals surface area contributed by atoms with Crippen LogP contribution in [0.15, 0.2) is 18.3 Å². The maximum atomic E-state index is 5.37. The van der Waals surface area contributed by atoms with E-state index in [2.05, 4.69) is 32.7 Å². The molecular formula is C17H24N4O. The smallest absolute Gasteiger partial charge is 0.240 e. The monoisotopic (exact) mass is 300 g/mol. The van der Waals surface area contributed by atoms with Crippen molar-refractivity contribution in [3.05, 3.63) is 29.6 Å². The second-order valence-electron chi connectivity index (χ2n) is 6.00. The number of nitrogens with one attached hydrogen (secondary N) is 2. The topological polar surface area (TPSA) is 59.1 Å². The third kappa shape index (κ3) is 3.36. The summed E-state index contributed by atoms with van der Waals surface area (Å²) < 4.78 is 5.37. The quantitative estimate of drug-likeness (QED) is 0.821. The summed E-state index contributed by atoms with van der Waals surface area (Å²) in [5.74, 6) is 1.47. The van der Waals surface area contributed by atoms with Crippen molar-refractivity contribution in [1.29, 1.82) is 0 Å². The number of hydrogen-bond acceptors (Lipinski definition) is 5. The number of rotatable bonds is 7. The second-order valence-corrected chi connectivity index (χ2v) is 6.00. The van der Waals surface area contributed by atoms with E-state index in [1.54, 1.807) is 7.11 Å². The lowest BCUT2D eigenvalue weighted by atomic mass is 9.85. The molecule has 2 heterocycles. The van der Waals surface area contributed by atoms with Crippen LogP contribution >= 0.6 is 0 Å². The van der Waals surface area contributed by atoms with E-state index in [1.807, 2.05) is 13.2 Å². The van der Waals surface area contributed by atoms with Gasteiger partial charge in [-0.1, -0.05) is 6.42 Å². The van der Waals surface area contributed by atoms with Crippen molar-refractivity contribution in [1.82, 2.24) is 20.6 Å². The lowest BCUT2D eigenvalue weighted by molar-refractivity contribution is 0.301. The first-order valence-electron chi connectivity index (χ1n) is 7.98. The van der Waals surface area contributed by atoms with Crippen LogP contribution in [-0.4, -0.2) is 30.7 Å². The molecule has 0 radical (unpaired) electrons. The predicted molar refractivity (Wildman–Crippen MR) is 87.9 cm³/mol. The Morgan fingerprint density at radius 2 is 2.14 bits per heavy atom. The van der Waals surface area contributed by atoms with Gasteiger partial charge in [0.05, 0.1) is 12.8 Å². The minimum atomic E-state index is 0.594. The molecule has 5 heteroatoms. The summed E-state index contributed by atoms with van der Waals surface area (Å²) >= 11 is 0. The summed E-state index contributed by atoms with van der Waals surface area (Å²) in [5.41, 5.74) is 2.99. The highest BCUT2D eigenvalue weighted by Gasteiger charge is 2.16. The molecule has 0 aliphatic heterocycles. The van der Waals surface area contributed by atoms with Gasteiger partial charge in [-0.2, -0.15) is 0 Å². The number of methoxy groups -OCH3 is 1. The first-order chi connectivity index (χ1) is 10.8. The second kappa shape index (κ2) is 7.03. The van der Waals surface area contributed by atoms with Gasteiger partial charge in [0, 0.05) is 24.7 Å². The molecule has 1 aliphatic carbocycles. The Labute approximate surface area is 131 Å². The van der Waals surface area contributed by atoms with Crippen LogP contribution in [-0.2, 0) is 13.1 Å². The fourth-order valence-corrected chi connectivity index (χ4v) is 2.84. The highest BCUT2D eigenvalue weighted by molar-refractivity contribution is 5.83. The normalized spacial score (nSPS) is 15.0. The molecule has 22 heavy (non-hydrogen) atoms. The zero-order chi connectivity index (χ0) is 15.4. The summed E-state index contributed by atoms with van der Waals surface area (Å²) in [5, 5.41) is 7.74. The molecule has 3 rings (SSSR count). The molecule has 5 nitrogen and oxygen atoms in total. The van der Waals surface area contributed by atoms with Gasteiger partial charge in [-0.3, -0.25) is 4.98 Å². The fourth-order valence-electron chi connectivity index (χ4n) is 2.84. The molecule has 0 aromatic carbocycles. The summed E-state index contributed by atoms with van der Waals surface area (Å²) in [6.07, 6.45) is 6.06. The Balaban J connectivity index is 1.77. The lowest BCUT2D eigenvalue weighted by Gasteiger charge is -2.25. The van der Waals surface area contributed by atoms with Crippen molar-refractivity contribution < 1.29 is 4.74 Å². The van der Waals surface area contributed by atoms with Crippen LogP contribution in [0.25, 0.3) is 10.9 Å². The Morgan fingerprint density at radius 3 is 2.82 bits per heavy atom. The number of aromatic nitrogens is 2. The van der Waals surface area contributed by atoms with Crippen LogP contribution in [0.3, 0.4) is 0 Å². The van der Waals surface area contributed by atoms with E-state index in [0.717, 1.165) is 42.1 Å². The van der Waals surface area contributed by atoms with Crippen molar-refractivity contribution in [3.63, 3.8) is 0 Å². The van der Waals surface area contributed by atoms with Gasteiger partial charge in [-0.15, -0.1) is 0 Å². The van der Waals surface area contributed by atoms with Gasteiger partial charge in [0.2, 0.25) is 5.88 Å². The van der Waals surface area contributed by atoms with Crippen molar-refractivity contribution in [2.45, 2.75) is 32.4 Å². The molecule has 1 aliphatic rings. The molecule has 0 saturated heterocycles. The van der Waals surface area contributed by atoms with Gasteiger partial charge in [0.1, 0.15) is 5.52 Å². The predicted octanol–water partition coefficient (Wildman–Crippen LogP) is 2.25. The van der Waals surface area contributed by atoms with Gasteiger partial charge in [-0.05, 0) is 50.0 Å². The van der Waals surface area contributed by atoms with E-state index in [4.69, 9.17) is 4.74 Å². The maximum absolute atomic E-state index is 5.37. The molecule has 2 aromatic rings. The zero-order valence-corrected chi connectivity index (χ0v) is 13.4. The van der Waals surface area contributed by atoms with E-state index in [-0.39, 0.29) is 0 Å². The molecule has 0 bridgehead atoms. The molecule has 0 atom stereocenters. The fraction of sp³-hybridized carbons (Fsp3) is 0.529. The molecule has 0 spiro atoms. The first kappa shape index (κ1) is 15.2. The van der Waals surface area contributed by atoms with E-state index in [9.17, 15) is 0 Å². The first-order valence-corrected chi connectivity index (χ1v) is 7.98. The SMILES string of the molecule is CNCc1cc2cc(CNCC3CCC3)cnc2c(OC)n1. The van der Waals surface area contributed by atoms with Crippen LogP contribution in [0.2, 0.25) is 0 Å². The van der Waals surface area contributed by atoms with E-state index in [0.29, 0.717) is 5.88 Å². The van der Waals surface area contributed by atoms with Gasteiger partial charge >= 0.3 is 0 Å². The van der Waals surface area contributed by atoms with Crippen molar-refractivity contribution in [2.75, 3.05) is 20.7 Å². The Bertz CT molecular complexity index is 640. The Kier molecular flexibility index (Phi) is 4.85. The van der Waals surface area contributed by atoms with Crippen LogP contribution in [0, 0.1) is 5.92 Å². The molecule has 118 valence electrons. The third-order valence-electron chi connectivity index (χ3n) is 4.28. The summed E-state index contributed by atoms with van der Waals surface area (Å²) in [6, 6.07) is 4.26. The summed E-state index contributed by atoms with van der Waals surface area (Å²) in [4.78, 5) is 9.02. The largest absolute Gasteiger partial charge is 0.479 e. The lowest BCUT2D eigenvalue weighted by Crippen LogP contribution is -2.26. The van der Waals surface area contributed by atoms with Crippen molar-refractivity contribution in [2.24, 2.45) is 5.92 Å². The van der Waals surface area contributed by atoms with Crippen LogP contribution in [0.4, 0.5) is 0 Å². The minimum Gasteiger partial charge on any atom is -0.479 e. The van der Waals surface area contributed by atoms with E-state index < -0.39 is 0 Å². The van der Waals surface area contributed by atoms with Crippen LogP contribution < -0.4 is 15.4 Å². The molecule has 2 N–H and O–H groups in total. The Hall–Kier alpha value is -1.72. The van der Waals surface area contributed by atoms with Crippen LogP contribution in [0.5, 0.6) is 5.88 Å². The minimum absolute atomic E-state index is 0.594. The van der Waals surface area contributed by atoms with Gasteiger partial charge in [0.15, 0.2) is 0 Å². The molecular weight excluding hydrogens is 276 g/mol. The summed E-state index contributed by atoms with van der Waals surface area (Å²) in [6.45, 7) is 2.70. The number of hydrogen-bond donors (Lipinski definition) is 2. The molecule has 2 aromatic heterocycles. The average molecular weight is 300 g/mol. The molecule has 0 amide bonds. The highest BCUT2D eigenvalue weighted by atomic mass is 16.5. The standard InChI is InChI=1S/C17H24N4O/c1-18-11-15-7-14-6-13(9-19-8-12-4-3-5-12)10-20-16(14)17(21-15)22-2/h6-7,10,12,18-19H,3-5,8-9,11H2,1-2H3. The number of nitrogens with zero attached hydrogens (tertiary/aromatic N) is 2. The number of fused-ring (bicyclic) bond motifs is 1. The number of pyridine rings is 2. The van der Waals surface area contributed by atoms with Gasteiger partial charge < -0.3 is 15.4 Å². The molecule has 1 fully saturated rings. The highest BCUT2D eigenvalue weighted by Crippen LogP contribution is 2.26. The van der Waals surface area contributed by atoms with Crippen molar-refractivity contribution in [3.8, 4) is 5.88 Å². The van der Waals surface area contributed by atoms with E-state index >= 15 is 0 Å². The average Bonchev–Trinajstić information content (AvgIpc) is 2.49. The van der Waals surface area contributed by atoms with Crippen LogP contribution in [0.1, 0.15) is 30.5 Å². The Morgan fingerprint density at radius 1 is 1.27 bits per heavy atom. The van der Waals surface area contributed by atoms with Crippen molar-refractivity contribution >= 4 is 10.9 Å². The van der Waals surface area contributed by atoms with E-state index in [1.165, 1.54) is 24.8 Å². The van der Waals surface area contributed by atoms with Gasteiger partial charge in [0.25, 0.3) is 0 Å². The molecule has 1 saturated carbocycles. The maximum Gasteiger partial charge on any atom is 0.240 e. The third-order valence-corrected chi connectivity index (χ3v) is 4.28. The zero-order valence-electron chi connectivity index (χ0n) is 13.4. The molecule has 0 unspecified atom stereocenters. The van der Waals surface area contributed by atoms with Gasteiger partial charge in [-0.25, -0.2) is 4.98 Å².